The number of hydrogen-bond acceptors (Lipinski definition) is 7. The number of benzene rings is 2. The number of anilines is 1. The molecule has 2 aromatic carbocycles. The van der Waals surface area contributed by atoms with Crippen molar-refractivity contribution < 1.29 is 33.4 Å². The SMILES string of the molecule is COc1ccc(NC(=O)COC(=O)[C@@H](CC(C)C)N2C(=O)c3ccccc3C2=O)c(OC)c1. The van der Waals surface area contributed by atoms with Crippen LogP contribution in [0, 0.1) is 5.92 Å². The van der Waals surface area contributed by atoms with Gasteiger partial charge < -0.3 is 19.5 Å². The molecule has 1 atom stereocenters. The third-order valence-corrected chi connectivity index (χ3v) is 5.13. The van der Waals surface area contributed by atoms with Crippen molar-refractivity contribution in [3.8, 4) is 11.5 Å². The molecule has 0 unspecified atom stereocenters. The van der Waals surface area contributed by atoms with E-state index in [-0.39, 0.29) is 23.5 Å². The Morgan fingerprint density at radius 2 is 1.61 bits per heavy atom. The summed E-state index contributed by atoms with van der Waals surface area (Å²) in [7, 11) is 2.96. The molecule has 0 radical (unpaired) electrons. The van der Waals surface area contributed by atoms with Gasteiger partial charge in [-0.25, -0.2) is 4.79 Å². The normalized spacial score (nSPS) is 13.5. The Morgan fingerprint density at radius 1 is 0.970 bits per heavy atom. The summed E-state index contributed by atoms with van der Waals surface area (Å²) in [4.78, 5) is 51.9. The number of rotatable bonds is 9. The van der Waals surface area contributed by atoms with Crippen LogP contribution in [0.15, 0.2) is 42.5 Å². The van der Waals surface area contributed by atoms with E-state index in [0.29, 0.717) is 17.2 Å². The van der Waals surface area contributed by atoms with Gasteiger partial charge in [-0.2, -0.15) is 0 Å². The maximum absolute atomic E-state index is 12.9. The number of ether oxygens (including phenoxy) is 3. The Kier molecular flexibility index (Phi) is 7.32. The Bertz CT molecular complexity index is 1050. The first-order chi connectivity index (χ1) is 15.8. The van der Waals surface area contributed by atoms with Gasteiger partial charge >= 0.3 is 5.97 Å². The molecule has 9 nitrogen and oxygen atoms in total. The largest absolute Gasteiger partial charge is 0.497 e. The van der Waals surface area contributed by atoms with Crippen molar-refractivity contribution in [2.45, 2.75) is 26.3 Å². The molecule has 1 aliphatic heterocycles. The molecule has 0 fully saturated rings. The Hall–Kier alpha value is -3.88. The van der Waals surface area contributed by atoms with Crippen molar-refractivity contribution >= 4 is 29.4 Å². The maximum atomic E-state index is 12.9. The lowest BCUT2D eigenvalue weighted by Crippen LogP contribution is -2.46. The number of amides is 3. The molecule has 1 heterocycles. The third-order valence-electron chi connectivity index (χ3n) is 5.13. The number of nitrogens with zero attached hydrogens (tertiary/aromatic N) is 1. The molecule has 33 heavy (non-hydrogen) atoms. The molecule has 0 saturated heterocycles. The van der Waals surface area contributed by atoms with Crippen molar-refractivity contribution in [3.63, 3.8) is 0 Å². The van der Waals surface area contributed by atoms with Crippen LogP contribution in [0.25, 0.3) is 0 Å². The zero-order valence-corrected chi connectivity index (χ0v) is 18.9. The second-order valence-electron chi connectivity index (χ2n) is 7.89. The highest BCUT2D eigenvalue weighted by Crippen LogP contribution is 2.29. The van der Waals surface area contributed by atoms with E-state index in [9.17, 15) is 19.2 Å². The molecular formula is C24H26N2O7. The average molecular weight is 454 g/mol. The van der Waals surface area contributed by atoms with E-state index in [1.54, 1.807) is 42.5 Å². The first kappa shape index (κ1) is 23.8. The molecule has 0 spiro atoms. The summed E-state index contributed by atoms with van der Waals surface area (Å²) in [5.74, 6) is -1.61. The number of carbonyl (C=O) groups excluding carboxylic acids is 4. The molecule has 0 aromatic heterocycles. The van der Waals surface area contributed by atoms with Gasteiger partial charge in [0, 0.05) is 6.07 Å². The summed E-state index contributed by atoms with van der Waals surface area (Å²) in [5.41, 5.74) is 0.861. The highest BCUT2D eigenvalue weighted by molar-refractivity contribution is 6.22. The van der Waals surface area contributed by atoms with E-state index in [4.69, 9.17) is 14.2 Å². The molecule has 9 heteroatoms. The van der Waals surface area contributed by atoms with Crippen molar-refractivity contribution in [3.05, 3.63) is 53.6 Å². The highest BCUT2D eigenvalue weighted by Gasteiger charge is 2.43. The third kappa shape index (κ3) is 5.14. The zero-order chi connectivity index (χ0) is 24.1. The van der Waals surface area contributed by atoms with Gasteiger partial charge in [0.05, 0.1) is 31.0 Å². The number of hydrogen-bond donors (Lipinski definition) is 1. The number of methoxy groups -OCH3 is 2. The van der Waals surface area contributed by atoms with Crippen LogP contribution in [-0.4, -0.2) is 55.5 Å². The van der Waals surface area contributed by atoms with Gasteiger partial charge in [-0.05, 0) is 36.6 Å². The van der Waals surface area contributed by atoms with E-state index >= 15 is 0 Å². The van der Waals surface area contributed by atoms with Crippen molar-refractivity contribution in [1.82, 2.24) is 4.90 Å². The summed E-state index contributed by atoms with van der Waals surface area (Å²) in [5, 5.41) is 2.60. The van der Waals surface area contributed by atoms with E-state index in [1.807, 2.05) is 13.8 Å². The van der Waals surface area contributed by atoms with Crippen LogP contribution in [0.2, 0.25) is 0 Å². The van der Waals surface area contributed by atoms with Crippen LogP contribution in [0.4, 0.5) is 5.69 Å². The Morgan fingerprint density at radius 3 is 2.15 bits per heavy atom. The first-order valence-corrected chi connectivity index (χ1v) is 10.4. The fourth-order valence-corrected chi connectivity index (χ4v) is 3.57. The molecule has 0 bridgehead atoms. The number of imide groups is 1. The number of fused-ring (bicyclic) bond motifs is 1. The van der Waals surface area contributed by atoms with E-state index in [0.717, 1.165) is 4.90 Å². The van der Waals surface area contributed by atoms with Crippen LogP contribution in [0.3, 0.4) is 0 Å². The summed E-state index contributed by atoms with van der Waals surface area (Å²) < 4.78 is 15.6. The standard InChI is InChI=1S/C24H26N2O7/c1-14(2)11-19(26-22(28)16-7-5-6-8-17(16)23(26)29)24(30)33-13-21(27)25-18-10-9-15(31-3)12-20(18)32-4/h5-10,12,14,19H,11,13H2,1-4H3,(H,25,27)/t19-/m1/s1. The van der Waals surface area contributed by atoms with Gasteiger partial charge in [0.15, 0.2) is 6.61 Å². The molecule has 3 rings (SSSR count). The predicted octanol–water partition coefficient (Wildman–Crippen LogP) is 2.90. The molecule has 0 saturated carbocycles. The van der Waals surface area contributed by atoms with Crippen LogP contribution in [0.1, 0.15) is 41.0 Å². The second-order valence-corrected chi connectivity index (χ2v) is 7.89. The maximum Gasteiger partial charge on any atom is 0.329 e. The van der Waals surface area contributed by atoms with Gasteiger partial charge in [0.2, 0.25) is 0 Å². The monoisotopic (exact) mass is 454 g/mol. The minimum Gasteiger partial charge on any atom is -0.497 e. The lowest BCUT2D eigenvalue weighted by atomic mass is 10.0. The minimum absolute atomic E-state index is 0.00995. The lowest BCUT2D eigenvalue weighted by Gasteiger charge is -2.25. The van der Waals surface area contributed by atoms with Crippen LogP contribution < -0.4 is 14.8 Å². The Balaban J connectivity index is 1.70. The summed E-state index contributed by atoms with van der Waals surface area (Å²) in [6.07, 6.45) is 0.207. The zero-order valence-electron chi connectivity index (χ0n) is 18.9. The first-order valence-electron chi connectivity index (χ1n) is 10.4. The van der Waals surface area contributed by atoms with Gasteiger partial charge in [0.1, 0.15) is 17.5 Å². The summed E-state index contributed by atoms with van der Waals surface area (Å²) in [6.45, 7) is 3.13. The predicted molar refractivity (Wildman–Crippen MR) is 119 cm³/mol. The topological polar surface area (TPSA) is 111 Å². The highest BCUT2D eigenvalue weighted by atomic mass is 16.5. The van der Waals surface area contributed by atoms with Crippen molar-refractivity contribution in [1.29, 1.82) is 0 Å². The molecule has 3 amide bonds. The quantitative estimate of drug-likeness (QED) is 0.458. The smallest absolute Gasteiger partial charge is 0.329 e. The molecular weight excluding hydrogens is 428 g/mol. The minimum atomic E-state index is -1.14. The molecule has 1 N–H and O–H groups in total. The van der Waals surface area contributed by atoms with Crippen LogP contribution in [-0.2, 0) is 14.3 Å². The van der Waals surface area contributed by atoms with E-state index in [1.165, 1.54) is 14.2 Å². The summed E-state index contributed by atoms with van der Waals surface area (Å²) >= 11 is 0. The van der Waals surface area contributed by atoms with Crippen molar-refractivity contribution in [2.75, 3.05) is 26.1 Å². The fraction of sp³-hybridized carbons (Fsp3) is 0.333. The molecule has 174 valence electrons. The average Bonchev–Trinajstić information content (AvgIpc) is 3.06. The van der Waals surface area contributed by atoms with Crippen molar-refractivity contribution in [2.24, 2.45) is 5.92 Å². The summed E-state index contributed by atoms with van der Waals surface area (Å²) in [6, 6.07) is 10.1. The lowest BCUT2D eigenvalue weighted by molar-refractivity contribution is -0.151. The Labute approximate surface area is 191 Å². The molecule has 0 aliphatic carbocycles. The van der Waals surface area contributed by atoms with Gasteiger partial charge in [-0.15, -0.1) is 0 Å². The van der Waals surface area contributed by atoms with Crippen LogP contribution >= 0.6 is 0 Å². The van der Waals surface area contributed by atoms with Gasteiger partial charge in [-0.3, -0.25) is 19.3 Å². The number of esters is 1. The molecule has 2 aromatic rings. The number of carbonyl (C=O) groups is 4. The van der Waals surface area contributed by atoms with E-state index < -0.39 is 36.3 Å². The van der Waals surface area contributed by atoms with Crippen LogP contribution in [0.5, 0.6) is 11.5 Å². The van der Waals surface area contributed by atoms with Gasteiger partial charge in [0.25, 0.3) is 17.7 Å². The van der Waals surface area contributed by atoms with Gasteiger partial charge in [-0.1, -0.05) is 26.0 Å². The fourth-order valence-electron chi connectivity index (χ4n) is 3.57. The van der Waals surface area contributed by atoms with E-state index in [2.05, 4.69) is 5.32 Å². The molecule has 1 aliphatic rings. The number of nitrogens with one attached hydrogen (secondary N) is 1. The second kappa shape index (κ2) is 10.2.